The Morgan fingerprint density at radius 2 is 2.04 bits per heavy atom. The largest absolute Gasteiger partial charge is 0.455 e. The first-order valence-corrected chi connectivity index (χ1v) is 9.55. The van der Waals surface area contributed by atoms with E-state index in [1.807, 2.05) is 6.92 Å². The minimum Gasteiger partial charge on any atom is -0.455 e. The smallest absolute Gasteiger partial charge is 0.303 e. The molecule has 0 aliphatic heterocycles. The minimum atomic E-state index is -0.570. The SMILES string of the molecule is C=CC(C)(CC[C@H]1C(=C)CC[C@H]2C(C)(C)CCC[C@]12C)OC(C)=O. The van der Waals surface area contributed by atoms with Crippen LogP contribution in [0.2, 0.25) is 0 Å². The number of carbonyl (C=O) groups is 1. The van der Waals surface area contributed by atoms with Gasteiger partial charge in [0.2, 0.25) is 0 Å². The predicted octanol–water partition coefficient (Wildman–Crippen LogP) is 6.07. The summed E-state index contributed by atoms with van der Waals surface area (Å²) in [6.45, 7) is 19.2. The van der Waals surface area contributed by atoms with Crippen molar-refractivity contribution >= 4 is 5.97 Å². The van der Waals surface area contributed by atoms with Gasteiger partial charge in [-0.15, -0.1) is 0 Å². The highest BCUT2D eigenvalue weighted by molar-refractivity contribution is 5.66. The summed E-state index contributed by atoms with van der Waals surface area (Å²) in [6.07, 6.45) is 10.00. The Bertz CT molecular complexity index is 518. The van der Waals surface area contributed by atoms with Crippen molar-refractivity contribution in [2.75, 3.05) is 0 Å². The first-order valence-electron chi connectivity index (χ1n) is 9.55. The number of hydrogen-bond donors (Lipinski definition) is 0. The zero-order valence-corrected chi connectivity index (χ0v) is 16.4. The highest BCUT2D eigenvalue weighted by Crippen LogP contribution is 2.61. The van der Waals surface area contributed by atoms with Crippen molar-refractivity contribution < 1.29 is 9.53 Å². The van der Waals surface area contributed by atoms with Crippen molar-refractivity contribution in [1.82, 2.24) is 0 Å². The maximum Gasteiger partial charge on any atom is 0.303 e. The van der Waals surface area contributed by atoms with Crippen LogP contribution in [0.1, 0.15) is 79.6 Å². The molecular formula is C22H36O2. The lowest BCUT2D eigenvalue weighted by atomic mass is 9.47. The van der Waals surface area contributed by atoms with Crippen LogP contribution in [0.5, 0.6) is 0 Å². The standard InChI is InChI=1S/C22H36O2/c1-8-21(6,24-17(3)23)15-12-18-16(2)10-11-19-20(4,5)13-9-14-22(18,19)7/h8,18-19H,1-2,9-15H2,3-7H3/t18-,19-,21?,22+/m0/s1. The highest BCUT2D eigenvalue weighted by atomic mass is 16.6. The Labute approximate surface area is 148 Å². The Kier molecular flexibility index (Phi) is 5.37. The molecule has 0 aromatic rings. The highest BCUT2D eigenvalue weighted by Gasteiger charge is 2.52. The van der Waals surface area contributed by atoms with Gasteiger partial charge in [0, 0.05) is 6.92 Å². The third kappa shape index (κ3) is 3.63. The molecule has 4 atom stereocenters. The molecule has 0 bridgehead atoms. The van der Waals surface area contributed by atoms with Crippen molar-refractivity contribution in [1.29, 1.82) is 0 Å². The van der Waals surface area contributed by atoms with Gasteiger partial charge in [0.05, 0.1) is 0 Å². The molecule has 0 aromatic carbocycles. The van der Waals surface area contributed by atoms with Crippen molar-refractivity contribution in [3.63, 3.8) is 0 Å². The summed E-state index contributed by atoms with van der Waals surface area (Å²) in [7, 11) is 0. The van der Waals surface area contributed by atoms with E-state index in [-0.39, 0.29) is 5.97 Å². The quantitative estimate of drug-likeness (QED) is 0.451. The third-order valence-corrected chi connectivity index (χ3v) is 7.06. The normalized spacial score (nSPS) is 34.8. The van der Waals surface area contributed by atoms with Gasteiger partial charge in [-0.2, -0.15) is 0 Å². The Morgan fingerprint density at radius 1 is 1.38 bits per heavy atom. The van der Waals surface area contributed by atoms with Gasteiger partial charge in [-0.3, -0.25) is 4.79 Å². The van der Waals surface area contributed by atoms with Gasteiger partial charge in [0.1, 0.15) is 5.60 Å². The fourth-order valence-electron chi connectivity index (χ4n) is 5.76. The number of hydrogen-bond acceptors (Lipinski definition) is 2. The summed E-state index contributed by atoms with van der Waals surface area (Å²) in [5.41, 5.74) is 1.58. The van der Waals surface area contributed by atoms with E-state index in [0.717, 1.165) is 25.2 Å². The van der Waals surface area contributed by atoms with Gasteiger partial charge in [-0.05, 0) is 74.2 Å². The number of carbonyl (C=O) groups excluding carboxylic acids is 1. The van der Waals surface area contributed by atoms with Crippen LogP contribution in [0.15, 0.2) is 24.8 Å². The second kappa shape index (κ2) is 6.69. The van der Waals surface area contributed by atoms with Crippen LogP contribution in [0.25, 0.3) is 0 Å². The molecule has 0 aromatic heterocycles. The van der Waals surface area contributed by atoms with E-state index in [9.17, 15) is 4.79 Å². The molecule has 2 rings (SSSR count). The number of allylic oxidation sites excluding steroid dienone is 1. The van der Waals surface area contributed by atoms with Gasteiger partial charge in [-0.1, -0.05) is 45.9 Å². The zero-order valence-electron chi connectivity index (χ0n) is 16.4. The molecule has 2 saturated carbocycles. The van der Waals surface area contributed by atoms with E-state index in [2.05, 4.69) is 33.9 Å². The number of ether oxygens (including phenoxy) is 1. The van der Waals surface area contributed by atoms with Gasteiger partial charge >= 0.3 is 5.97 Å². The fraction of sp³-hybridized carbons (Fsp3) is 0.773. The molecule has 0 heterocycles. The van der Waals surface area contributed by atoms with Crippen LogP contribution in [-0.4, -0.2) is 11.6 Å². The van der Waals surface area contributed by atoms with Crippen LogP contribution in [0.4, 0.5) is 0 Å². The van der Waals surface area contributed by atoms with Crippen LogP contribution >= 0.6 is 0 Å². The molecule has 0 saturated heterocycles. The van der Waals surface area contributed by atoms with Crippen molar-refractivity contribution in [2.24, 2.45) is 22.7 Å². The van der Waals surface area contributed by atoms with Gasteiger partial charge < -0.3 is 4.74 Å². The van der Waals surface area contributed by atoms with E-state index in [0.29, 0.717) is 16.7 Å². The van der Waals surface area contributed by atoms with Crippen molar-refractivity contribution in [2.45, 2.75) is 85.2 Å². The average molecular weight is 333 g/mol. The molecule has 2 fully saturated rings. The third-order valence-electron chi connectivity index (χ3n) is 7.06. The van der Waals surface area contributed by atoms with E-state index in [4.69, 9.17) is 4.74 Å². The summed E-state index contributed by atoms with van der Waals surface area (Å²) in [6, 6.07) is 0. The fourth-order valence-corrected chi connectivity index (χ4v) is 5.76. The molecule has 0 N–H and O–H groups in total. The molecule has 2 heteroatoms. The summed E-state index contributed by atoms with van der Waals surface area (Å²) in [5.74, 6) is 1.05. The minimum absolute atomic E-state index is 0.234. The summed E-state index contributed by atoms with van der Waals surface area (Å²) < 4.78 is 5.54. The van der Waals surface area contributed by atoms with E-state index in [1.54, 1.807) is 6.08 Å². The van der Waals surface area contributed by atoms with Crippen LogP contribution in [-0.2, 0) is 9.53 Å². The lowest BCUT2D eigenvalue weighted by Crippen LogP contribution is -2.49. The van der Waals surface area contributed by atoms with Gasteiger partial charge in [0.25, 0.3) is 0 Å². The maximum absolute atomic E-state index is 11.4. The Balaban J connectivity index is 2.19. The average Bonchev–Trinajstić information content (AvgIpc) is 2.44. The molecule has 24 heavy (non-hydrogen) atoms. The molecule has 2 aliphatic rings. The first-order chi connectivity index (χ1) is 11.0. The van der Waals surface area contributed by atoms with Crippen LogP contribution in [0, 0.1) is 22.7 Å². The van der Waals surface area contributed by atoms with Crippen molar-refractivity contribution in [3.05, 3.63) is 24.8 Å². The second-order valence-corrected chi connectivity index (χ2v) is 9.30. The summed E-state index contributed by atoms with van der Waals surface area (Å²) in [5, 5.41) is 0. The lowest BCUT2D eigenvalue weighted by Gasteiger charge is -2.58. The summed E-state index contributed by atoms with van der Waals surface area (Å²) in [4.78, 5) is 11.4. The van der Waals surface area contributed by atoms with E-state index >= 15 is 0 Å². The Morgan fingerprint density at radius 3 is 2.62 bits per heavy atom. The van der Waals surface area contributed by atoms with Gasteiger partial charge in [0.15, 0.2) is 0 Å². The molecular weight excluding hydrogens is 296 g/mol. The van der Waals surface area contributed by atoms with Crippen LogP contribution < -0.4 is 0 Å². The van der Waals surface area contributed by atoms with E-state index in [1.165, 1.54) is 38.2 Å². The monoisotopic (exact) mass is 332 g/mol. The number of rotatable bonds is 5. The molecule has 0 spiro atoms. The Hall–Kier alpha value is -1.05. The zero-order chi connectivity index (χ0) is 18.2. The summed E-state index contributed by atoms with van der Waals surface area (Å²) >= 11 is 0. The second-order valence-electron chi connectivity index (χ2n) is 9.30. The number of esters is 1. The molecule has 2 aliphatic carbocycles. The van der Waals surface area contributed by atoms with Crippen LogP contribution in [0.3, 0.4) is 0 Å². The lowest BCUT2D eigenvalue weighted by molar-refractivity contribution is -0.152. The molecule has 2 nitrogen and oxygen atoms in total. The predicted molar refractivity (Wildman–Crippen MR) is 101 cm³/mol. The molecule has 0 amide bonds. The molecule has 0 radical (unpaired) electrons. The maximum atomic E-state index is 11.4. The molecule has 136 valence electrons. The van der Waals surface area contributed by atoms with Gasteiger partial charge in [-0.25, -0.2) is 0 Å². The van der Waals surface area contributed by atoms with E-state index < -0.39 is 5.60 Å². The topological polar surface area (TPSA) is 26.3 Å². The first kappa shape index (κ1) is 19.3. The molecule has 1 unspecified atom stereocenters. The van der Waals surface area contributed by atoms with Crippen molar-refractivity contribution in [3.8, 4) is 0 Å². The number of fused-ring (bicyclic) bond motifs is 1.